The van der Waals surface area contributed by atoms with Gasteiger partial charge in [0.25, 0.3) is 0 Å². The number of carbonyl (C=O) groups excluding carboxylic acids is 1. The summed E-state index contributed by atoms with van der Waals surface area (Å²) in [6.45, 7) is 0. The summed E-state index contributed by atoms with van der Waals surface area (Å²) in [5.41, 5.74) is 6.78. The van der Waals surface area contributed by atoms with E-state index in [1.807, 2.05) is 18.2 Å². The highest BCUT2D eigenvalue weighted by Crippen LogP contribution is 2.30. The van der Waals surface area contributed by atoms with Crippen LogP contribution in [0.2, 0.25) is 0 Å². The second-order valence-corrected chi connectivity index (χ2v) is 4.78. The molecule has 1 heterocycles. The highest BCUT2D eigenvalue weighted by molar-refractivity contribution is 5.81. The average molecular weight is 218 g/mol. The lowest BCUT2D eigenvalue weighted by Gasteiger charge is -2.22. The molecule has 1 aromatic heterocycles. The molecule has 2 rings (SSSR count). The Kier molecular flexibility index (Phi) is 3.34. The van der Waals surface area contributed by atoms with Gasteiger partial charge in [0.2, 0.25) is 0 Å². The zero-order chi connectivity index (χ0) is 11.4. The van der Waals surface area contributed by atoms with Crippen molar-refractivity contribution in [1.29, 1.82) is 0 Å². The van der Waals surface area contributed by atoms with Gasteiger partial charge < -0.3 is 5.73 Å². The molecule has 0 radical (unpaired) electrons. The molecule has 86 valence electrons. The first-order valence-electron chi connectivity index (χ1n) is 5.88. The van der Waals surface area contributed by atoms with Crippen LogP contribution in [0.1, 0.15) is 37.8 Å². The molecule has 1 aliphatic rings. The summed E-state index contributed by atoms with van der Waals surface area (Å²) in [6.07, 6.45) is 6.93. The van der Waals surface area contributed by atoms with E-state index in [2.05, 4.69) is 4.98 Å². The first-order chi connectivity index (χ1) is 7.68. The van der Waals surface area contributed by atoms with E-state index in [4.69, 9.17) is 5.73 Å². The van der Waals surface area contributed by atoms with Gasteiger partial charge in [-0.15, -0.1) is 0 Å². The third-order valence-electron chi connectivity index (χ3n) is 3.25. The summed E-state index contributed by atoms with van der Waals surface area (Å²) < 4.78 is 0. The van der Waals surface area contributed by atoms with E-state index in [1.54, 1.807) is 6.20 Å². The number of aromatic nitrogens is 1. The Hall–Kier alpha value is -1.22. The number of ketones is 1. The van der Waals surface area contributed by atoms with Crippen molar-refractivity contribution in [2.75, 3.05) is 0 Å². The van der Waals surface area contributed by atoms with Crippen LogP contribution in [-0.4, -0.2) is 16.3 Å². The van der Waals surface area contributed by atoms with Crippen LogP contribution in [-0.2, 0) is 11.2 Å². The number of nitrogens with two attached hydrogens (primary N) is 1. The summed E-state index contributed by atoms with van der Waals surface area (Å²) in [6, 6.07) is 5.65. The standard InChI is InChI=1S/C13H18N2O/c14-13(6-2-3-7-13)10-12(16)9-11-5-1-4-8-15-11/h1,4-5,8H,2-3,6-7,9-10,14H2. The van der Waals surface area contributed by atoms with Crippen LogP contribution in [0.15, 0.2) is 24.4 Å². The Balaban J connectivity index is 1.89. The van der Waals surface area contributed by atoms with Crippen molar-refractivity contribution in [3.8, 4) is 0 Å². The van der Waals surface area contributed by atoms with Gasteiger partial charge in [-0.3, -0.25) is 9.78 Å². The maximum Gasteiger partial charge on any atom is 0.140 e. The van der Waals surface area contributed by atoms with Gasteiger partial charge in [-0.25, -0.2) is 0 Å². The first kappa shape index (κ1) is 11.3. The molecule has 0 amide bonds. The van der Waals surface area contributed by atoms with Crippen molar-refractivity contribution in [3.63, 3.8) is 0 Å². The van der Waals surface area contributed by atoms with Gasteiger partial charge in [0.1, 0.15) is 5.78 Å². The van der Waals surface area contributed by atoms with E-state index in [9.17, 15) is 4.79 Å². The van der Waals surface area contributed by atoms with Crippen molar-refractivity contribution in [1.82, 2.24) is 4.98 Å². The third kappa shape index (κ3) is 2.89. The molecule has 0 bridgehead atoms. The molecule has 3 nitrogen and oxygen atoms in total. The van der Waals surface area contributed by atoms with Crippen LogP contribution in [0.4, 0.5) is 0 Å². The molecule has 2 N–H and O–H groups in total. The minimum Gasteiger partial charge on any atom is -0.325 e. The van der Waals surface area contributed by atoms with E-state index >= 15 is 0 Å². The molecule has 1 aromatic rings. The van der Waals surface area contributed by atoms with Crippen LogP contribution < -0.4 is 5.73 Å². The molecule has 0 unspecified atom stereocenters. The average Bonchev–Trinajstić information content (AvgIpc) is 2.66. The van der Waals surface area contributed by atoms with E-state index in [-0.39, 0.29) is 11.3 Å². The largest absolute Gasteiger partial charge is 0.325 e. The SMILES string of the molecule is NC1(CC(=O)Cc2ccccn2)CCCC1. The van der Waals surface area contributed by atoms with Crippen molar-refractivity contribution in [2.45, 2.75) is 44.1 Å². The minimum absolute atomic E-state index is 0.211. The summed E-state index contributed by atoms with van der Waals surface area (Å²) in [7, 11) is 0. The van der Waals surface area contributed by atoms with E-state index in [1.165, 1.54) is 0 Å². The molecule has 1 saturated carbocycles. The topological polar surface area (TPSA) is 56.0 Å². The Morgan fingerprint density at radius 1 is 1.38 bits per heavy atom. The molecule has 0 aliphatic heterocycles. The van der Waals surface area contributed by atoms with E-state index in [0.29, 0.717) is 12.8 Å². The van der Waals surface area contributed by atoms with Crippen LogP contribution in [0, 0.1) is 0 Å². The molecule has 0 spiro atoms. The molecule has 0 atom stereocenters. The lowest BCUT2D eigenvalue weighted by Crippen LogP contribution is -2.39. The monoisotopic (exact) mass is 218 g/mol. The molecular formula is C13H18N2O. The van der Waals surface area contributed by atoms with Crippen LogP contribution >= 0.6 is 0 Å². The van der Waals surface area contributed by atoms with E-state index in [0.717, 1.165) is 31.4 Å². The van der Waals surface area contributed by atoms with Gasteiger partial charge in [-0.05, 0) is 25.0 Å². The fourth-order valence-corrected chi connectivity index (χ4v) is 2.42. The van der Waals surface area contributed by atoms with Crippen molar-refractivity contribution in [3.05, 3.63) is 30.1 Å². The van der Waals surface area contributed by atoms with Gasteiger partial charge in [0.05, 0.1) is 0 Å². The molecule has 0 saturated heterocycles. The van der Waals surface area contributed by atoms with Gasteiger partial charge in [0, 0.05) is 30.3 Å². The number of Topliss-reactive ketones (excluding diaryl/α,β-unsaturated/α-hetero) is 1. The normalized spacial score (nSPS) is 18.6. The molecule has 1 aliphatic carbocycles. The fourth-order valence-electron chi connectivity index (χ4n) is 2.42. The second kappa shape index (κ2) is 4.74. The lowest BCUT2D eigenvalue weighted by atomic mass is 9.91. The lowest BCUT2D eigenvalue weighted by molar-refractivity contribution is -0.119. The summed E-state index contributed by atoms with van der Waals surface area (Å²) in [5, 5.41) is 0. The quantitative estimate of drug-likeness (QED) is 0.839. The molecule has 0 aromatic carbocycles. The summed E-state index contributed by atoms with van der Waals surface area (Å²) in [5.74, 6) is 0.211. The fraction of sp³-hybridized carbons (Fsp3) is 0.538. The number of hydrogen-bond acceptors (Lipinski definition) is 3. The Bertz CT molecular complexity index is 355. The number of carbonyl (C=O) groups is 1. The summed E-state index contributed by atoms with van der Waals surface area (Å²) in [4.78, 5) is 16.0. The first-order valence-corrected chi connectivity index (χ1v) is 5.88. The van der Waals surface area contributed by atoms with Crippen molar-refractivity contribution >= 4 is 5.78 Å². The Morgan fingerprint density at radius 2 is 2.12 bits per heavy atom. The van der Waals surface area contributed by atoms with Gasteiger partial charge in [-0.1, -0.05) is 18.9 Å². The smallest absolute Gasteiger partial charge is 0.140 e. The number of hydrogen-bond donors (Lipinski definition) is 1. The molecule has 16 heavy (non-hydrogen) atoms. The predicted molar refractivity (Wildman–Crippen MR) is 63.0 cm³/mol. The van der Waals surface area contributed by atoms with Crippen molar-refractivity contribution in [2.24, 2.45) is 5.73 Å². The maximum absolute atomic E-state index is 11.9. The number of pyridine rings is 1. The zero-order valence-electron chi connectivity index (χ0n) is 9.48. The number of rotatable bonds is 4. The van der Waals surface area contributed by atoms with Gasteiger partial charge in [-0.2, -0.15) is 0 Å². The van der Waals surface area contributed by atoms with Crippen LogP contribution in [0.25, 0.3) is 0 Å². The Morgan fingerprint density at radius 3 is 2.75 bits per heavy atom. The Labute approximate surface area is 96.1 Å². The summed E-state index contributed by atoms with van der Waals surface area (Å²) >= 11 is 0. The second-order valence-electron chi connectivity index (χ2n) is 4.78. The maximum atomic E-state index is 11.9. The van der Waals surface area contributed by atoms with Crippen LogP contribution in [0.3, 0.4) is 0 Å². The predicted octanol–water partition coefficient (Wildman–Crippen LogP) is 1.85. The van der Waals surface area contributed by atoms with Crippen LogP contribution in [0.5, 0.6) is 0 Å². The molecular weight excluding hydrogens is 200 g/mol. The van der Waals surface area contributed by atoms with E-state index < -0.39 is 0 Å². The number of nitrogens with zero attached hydrogens (tertiary/aromatic N) is 1. The molecule has 3 heteroatoms. The zero-order valence-corrected chi connectivity index (χ0v) is 9.48. The molecule has 1 fully saturated rings. The van der Waals surface area contributed by atoms with Gasteiger partial charge in [0.15, 0.2) is 0 Å². The van der Waals surface area contributed by atoms with Gasteiger partial charge >= 0.3 is 0 Å². The third-order valence-corrected chi connectivity index (χ3v) is 3.25. The highest BCUT2D eigenvalue weighted by atomic mass is 16.1. The van der Waals surface area contributed by atoms with Crippen molar-refractivity contribution < 1.29 is 4.79 Å². The highest BCUT2D eigenvalue weighted by Gasteiger charge is 2.31. The minimum atomic E-state index is -0.230.